The second-order valence-corrected chi connectivity index (χ2v) is 7.06. The summed E-state index contributed by atoms with van der Waals surface area (Å²) in [6.45, 7) is 0.396. The first-order chi connectivity index (χ1) is 14.0. The molecule has 2 heterocycles. The van der Waals surface area contributed by atoms with Gasteiger partial charge in [-0.3, -0.25) is 14.4 Å². The number of ether oxygens (including phenoxy) is 1. The molecule has 1 saturated heterocycles. The first-order valence-electron chi connectivity index (χ1n) is 9.42. The molecule has 1 aromatic carbocycles. The van der Waals surface area contributed by atoms with Crippen molar-refractivity contribution in [2.45, 2.75) is 31.1 Å². The fraction of sp³-hybridized carbons (Fsp3) is 0.400. The number of likely N-dealkylation sites (N-methyl/N-ethyl adjacent to an activating group) is 1. The highest BCUT2D eigenvalue weighted by Gasteiger charge is 2.50. The third-order valence-electron chi connectivity index (χ3n) is 4.58. The van der Waals surface area contributed by atoms with Crippen molar-refractivity contribution in [1.82, 2.24) is 25.5 Å². The van der Waals surface area contributed by atoms with Crippen LogP contribution >= 0.6 is 0 Å². The van der Waals surface area contributed by atoms with Gasteiger partial charge in [0.2, 0.25) is 5.91 Å². The van der Waals surface area contributed by atoms with E-state index in [1.54, 1.807) is 26.6 Å². The summed E-state index contributed by atoms with van der Waals surface area (Å²) in [4.78, 5) is 45.5. The Morgan fingerprint density at radius 1 is 1.17 bits per heavy atom. The summed E-state index contributed by atoms with van der Waals surface area (Å²) >= 11 is 0. The maximum Gasteiger partial charge on any atom is 0.253 e. The highest BCUT2D eigenvalue weighted by Crippen LogP contribution is 2.22. The van der Waals surface area contributed by atoms with E-state index < -0.39 is 24.2 Å². The number of imidazole rings is 1. The number of aromatic amines is 1. The number of epoxide rings is 1. The molecule has 9 nitrogen and oxygen atoms in total. The predicted molar refractivity (Wildman–Crippen MR) is 105 cm³/mol. The third kappa shape index (κ3) is 5.64. The van der Waals surface area contributed by atoms with E-state index in [1.165, 1.54) is 4.90 Å². The number of hydrogen-bond donors (Lipinski definition) is 3. The Labute approximate surface area is 168 Å². The van der Waals surface area contributed by atoms with Crippen LogP contribution in [-0.2, 0) is 32.0 Å². The molecule has 1 aromatic heterocycles. The molecular formula is C20H25N5O4. The van der Waals surface area contributed by atoms with Crippen LogP contribution in [0.25, 0.3) is 0 Å². The van der Waals surface area contributed by atoms with Crippen LogP contribution in [0.4, 0.5) is 0 Å². The summed E-state index contributed by atoms with van der Waals surface area (Å²) in [5, 5.41) is 5.45. The quantitative estimate of drug-likeness (QED) is 0.498. The van der Waals surface area contributed by atoms with Crippen LogP contribution in [0.15, 0.2) is 42.9 Å². The van der Waals surface area contributed by atoms with Gasteiger partial charge in [0.1, 0.15) is 6.04 Å². The second-order valence-electron chi connectivity index (χ2n) is 7.06. The summed E-state index contributed by atoms with van der Waals surface area (Å²) < 4.78 is 5.25. The molecule has 0 aliphatic carbocycles. The largest absolute Gasteiger partial charge is 0.353 e. The standard InChI is InChI=1S/C20H25N5O4/c1-25(2)20(28)15(10-13-6-4-3-5-7-13)24-19(27)17-16(29-17)18(26)22-9-8-14-11-21-12-23-14/h3-7,11-12,15-17H,8-10H2,1-2H3,(H,21,23)(H,22,26)(H,24,27)/t15-,16-,17-/m0/s1. The molecule has 1 fully saturated rings. The number of nitrogens with one attached hydrogen (secondary N) is 3. The lowest BCUT2D eigenvalue weighted by molar-refractivity contribution is -0.134. The highest BCUT2D eigenvalue weighted by molar-refractivity contribution is 5.97. The Balaban J connectivity index is 1.50. The zero-order chi connectivity index (χ0) is 20.8. The van der Waals surface area contributed by atoms with E-state index in [2.05, 4.69) is 20.6 Å². The molecule has 9 heteroatoms. The lowest BCUT2D eigenvalue weighted by atomic mass is 10.0. The van der Waals surface area contributed by atoms with E-state index in [0.29, 0.717) is 19.4 Å². The molecule has 0 bridgehead atoms. The number of benzene rings is 1. The number of aromatic nitrogens is 2. The summed E-state index contributed by atoms with van der Waals surface area (Å²) in [5.41, 5.74) is 1.76. The molecule has 2 aromatic rings. The minimum atomic E-state index is -0.881. The van der Waals surface area contributed by atoms with Crippen LogP contribution in [-0.4, -0.2) is 71.5 Å². The van der Waals surface area contributed by atoms with Gasteiger partial charge in [-0.15, -0.1) is 0 Å². The second kappa shape index (κ2) is 9.33. The van der Waals surface area contributed by atoms with Crippen LogP contribution in [0, 0.1) is 0 Å². The van der Waals surface area contributed by atoms with Crippen molar-refractivity contribution in [2.24, 2.45) is 0 Å². The molecule has 3 rings (SSSR count). The van der Waals surface area contributed by atoms with Crippen LogP contribution in [0.5, 0.6) is 0 Å². The Morgan fingerprint density at radius 2 is 1.90 bits per heavy atom. The summed E-state index contributed by atoms with van der Waals surface area (Å²) in [7, 11) is 3.27. The molecule has 1 aliphatic heterocycles. The van der Waals surface area contributed by atoms with Gasteiger partial charge in [0, 0.05) is 39.7 Å². The maximum atomic E-state index is 12.5. The van der Waals surface area contributed by atoms with Gasteiger partial charge in [0.05, 0.1) is 12.0 Å². The van der Waals surface area contributed by atoms with Crippen molar-refractivity contribution >= 4 is 17.7 Å². The van der Waals surface area contributed by atoms with Gasteiger partial charge in [-0.1, -0.05) is 30.3 Å². The van der Waals surface area contributed by atoms with Crippen LogP contribution in [0.1, 0.15) is 11.3 Å². The number of amides is 3. The van der Waals surface area contributed by atoms with Gasteiger partial charge in [-0.25, -0.2) is 4.98 Å². The average Bonchev–Trinajstić information content (AvgIpc) is 3.36. The monoisotopic (exact) mass is 399 g/mol. The summed E-state index contributed by atoms with van der Waals surface area (Å²) in [5.74, 6) is -1.03. The fourth-order valence-corrected chi connectivity index (χ4v) is 2.97. The van der Waals surface area contributed by atoms with Gasteiger partial charge in [-0.2, -0.15) is 0 Å². The molecule has 0 radical (unpaired) electrons. The summed E-state index contributed by atoms with van der Waals surface area (Å²) in [6, 6.07) is 8.70. The zero-order valence-electron chi connectivity index (χ0n) is 16.4. The molecule has 1 aliphatic rings. The number of H-pyrrole nitrogens is 1. The Hall–Kier alpha value is -3.20. The number of carbonyl (C=O) groups excluding carboxylic acids is 3. The van der Waals surface area contributed by atoms with Crippen molar-refractivity contribution in [2.75, 3.05) is 20.6 Å². The Morgan fingerprint density at radius 3 is 2.55 bits per heavy atom. The van der Waals surface area contributed by atoms with E-state index in [1.807, 2.05) is 30.3 Å². The van der Waals surface area contributed by atoms with E-state index in [-0.39, 0.29) is 11.8 Å². The van der Waals surface area contributed by atoms with Gasteiger partial charge in [0.25, 0.3) is 11.8 Å². The molecule has 0 saturated carbocycles. The van der Waals surface area contributed by atoms with Gasteiger partial charge < -0.3 is 25.3 Å². The first kappa shape index (κ1) is 20.5. The third-order valence-corrected chi connectivity index (χ3v) is 4.58. The van der Waals surface area contributed by atoms with E-state index in [0.717, 1.165) is 11.3 Å². The Kier molecular flexibility index (Phi) is 6.61. The SMILES string of the molecule is CN(C)C(=O)[C@H](Cc1ccccc1)NC(=O)[C@H]1O[C@@H]1C(=O)NCCc1c[nH]cn1. The summed E-state index contributed by atoms with van der Waals surface area (Å²) in [6.07, 6.45) is 2.55. The normalized spacial score (nSPS) is 18.6. The van der Waals surface area contributed by atoms with Crippen molar-refractivity contribution in [3.8, 4) is 0 Å². The lowest BCUT2D eigenvalue weighted by Gasteiger charge is -2.21. The van der Waals surface area contributed by atoms with E-state index in [9.17, 15) is 14.4 Å². The van der Waals surface area contributed by atoms with Crippen molar-refractivity contribution in [3.63, 3.8) is 0 Å². The number of carbonyl (C=O) groups is 3. The number of hydrogen-bond acceptors (Lipinski definition) is 5. The van der Waals surface area contributed by atoms with Gasteiger partial charge in [0.15, 0.2) is 12.2 Å². The zero-order valence-corrected chi connectivity index (χ0v) is 16.4. The molecular weight excluding hydrogens is 374 g/mol. The number of nitrogens with zero attached hydrogens (tertiary/aromatic N) is 2. The van der Waals surface area contributed by atoms with Crippen LogP contribution in [0.3, 0.4) is 0 Å². The van der Waals surface area contributed by atoms with Crippen LogP contribution < -0.4 is 10.6 Å². The van der Waals surface area contributed by atoms with Crippen molar-refractivity contribution in [3.05, 3.63) is 54.1 Å². The minimum Gasteiger partial charge on any atom is -0.353 e. The topological polar surface area (TPSA) is 120 Å². The smallest absolute Gasteiger partial charge is 0.253 e. The lowest BCUT2D eigenvalue weighted by Crippen LogP contribution is -2.49. The van der Waals surface area contributed by atoms with Gasteiger partial charge >= 0.3 is 0 Å². The Bertz CT molecular complexity index is 838. The molecule has 3 atom stereocenters. The average molecular weight is 399 g/mol. The van der Waals surface area contributed by atoms with Crippen LogP contribution in [0.2, 0.25) is 0 Å². The molecule has 3 amide bonds. The molecule has 0 unspecified atom stereocenters. The molecule has 3 N–H and O–H groups in total. The predicted octanol–water partition coefficient (Wildman–Crippen LogP) is -0.348. The molecule has 0 spiro atoms. The number of rotatable bonds is 9. The van der Waals surface area contributed by atoms with E-state index >= 15 is 0 Å². The van der Waals surface area contributed by atoms with Gasteiger partial charge in [-0.05, 0) is 5.56 Å². The molecule has 154 valence electrons. The van der Waals surface area contributed by atoms with E-state index in [4.69, 9.17) is 4.74 Å². The minimum absolute atomic E-state index is 0.220. The highest BCUT2D eigenvalue weighted by atomic mass is 16.6. The first-order valence-corrected chi connectivity index (χ1v) is 9.42. The molecule has 29 heavy (non-hydrogen) atoms. The van der Waals surface area contributed by atoms with Crippen molar-refractivity contribution in [1.29, 1.82) is 0 Å². The maximum absolute atomic E-state index is 12.5. The fourth-order valence-electron chi connectivity index (χ4n) is 2.97. The van der Waals surface area contributed by atoms with Crippen molar-refractivity contribution < 1.29 is 19.1 Å².